The van der Waals surface area contributed by atoms with Crippen molar-refractivity contribution < 1.29 is 9.90 Å². The van der Waals surface area contributed by atoms with Crippen molar-refractivity contribution in [2.75, 3.05) is 0 Å². The maximum absolute atomic E-state index is 11.3. The molecule has 1 rings (SSSR count). The molecule has 3 nitrogen and oxygen atoms in total. The zero-order chi connectivity index (χ0) is 13.2. The quantitative estimate of drug-likeness (QED) is 0.886. The van der Waals surface area contributed by atoms with Gasteiger partial charge in [0.05, 0.1) is 10.0 Å². The molecule has 1 unspecified atom stereocenters. The number of rotatable bonds is 5. The van der Waals surface area contributed by atoms with Gasteiger partial charge in [-0.25, -0.2) is 4.79 Å². The van der Waals surface area contributed by atoms with E-state index in [-0.39, 0.29) is 0 Å². The molecule has 96 valence electrons. The number of nitrogens with zero attached hydrogens (tertiary/aromatic N) is 1. The lowest BCUT2D eigenvalue weighted by Gasteiger charge is -2.15. The number of carboxylic acid groups (broad SMARTS) is 1. The number of carbonyl (C=O) groups is 1. The van der Waals surface area contributed by atoms with Crippen molar-refractivity contribution in [1.82, 2.24) is 4.57 Å². The van der Waals surface area contributed by atoms with Gasteiger partial charge >= 0.3 is 5.97 Å². The van der Waals surface area contributed by atoms with Crippen molar-refractivity contribution in [3.63, 3.8) is 0 Å². The summed E-state index contributed by atoms with van der Waals surface area (Å²) in [7, 11) is 0. The lowest BCUT2D eigenvalue weighted by molar-refractivity contribution is 0.0695. The average molecular weight is 302 g/mol. The lowest BCUT2D eigenvalue weighted by atomic mass is 10.0. The average Bonchev–Trinajstić information content (AvgIpc) is 2.50. The summed E-state index contributed by atoms with van der Waals surface area (Å²) in [5.41, 5.74) is 2.37. The summed E-state index contributed by atoms with van der Waals surface area (Å²) in [6.45, 7) is 9.12. The second kappa shape index (κ2) is 5.71. The van der Waals surface area contributed by atoms with Crippen LogP contribution in [0.25, 0.3) is 0 Å². The summed E-state index contributed by atoms with van der Waals surface area (Å²) in [5.74, 6) is -0.489. The Labute approximate surface area is 111 Å². The van der Waals surface area contributed by atoms with E-state index < -0.39 is 5.97 Å². The predicted molar refractivity (Wildman–Crippen MR) is 72.8 cm³/mol. The maximum Gasteiger partial charge on any atom is 0.338 e. The summed E-state index contributed by atoms with van der Waals surface area (Å²) in [4.78, 5) is 11.3. The van der Waals surface area contributed by atoms with Crippen LogP contribution in [-0.4, -0.2) is 15.6 Å². The van der Waals surface area contributed by atoms with Crippen molar-refractivity contribution in [3.8, 4) is 0 Å². The van der Waals surface area contributed by atoms with Crippen molar-refractivity contribution in [1.29, 1.82) is 0 Å². The van der Waals surface area contributed by atoms with Gasteiger partial charge in [0.2, 0.25) is 0 Å². The van der Waals surface area contributed by atoms with Crippen molar-refractivity contribution in [3.05, 3.63) is 21.4 Å². The molecule has 1 N–H and O–H groups in total. The Bertz CT molecular complexity index is 424. The van der Waals surface area contributed by atoms with E-state index in [0.717, 1.165) is 35.2 Å². The first kappa shape index (κ1) is 14.3. The molecule has 0 aromatic carbocycles. The number of aromatic nitrogens is 1. The molecule has 0 aliphatic heterocycles. The molecule has 0 saturated carbocycles. The van der Waals surface area contributed by atoms with E-state index >= 15 is 0 Å². The molecule has 0 fully saturated rings. The summed E-state index contributed by atoms with van der Waals surface area (Å²) in [6.07, 6.45) is 2.01. The number of hydrogen-bond donors (Lipinski definition) is 1. The zero-order valence-corrected chi connectivity index (χ0v) is 12.5. The van der Waals surface area contributed by atoms with E-state index in [1.165, 1.54) is 0 Å². The maximum atomic E-state index is 11.3. The molecule has 0 radical (unpaired) electrons. The Morgan fingerprint density at radius 3 is 2.47 bits per heavy atom. The van der Waals surface area contributed by atoms with Crippen LogP contribution < -0.4 is 0 Å². The molecule has 1 atom stereocenters. The van der Waals surface area contributed by atoms with Gasteiger partial charge in [-0.05, 0) is 41.6 Å². The topological polar surface area (TPSA) is 42.2 Å². The van der Waals surface area contributed by atoms with Gasteiger partial charge in [0.1, 0.15) is 0 Å². The molecule has 0 aliphatic rings. The summed E-state index contributed by atoms with van der Waals surface area (Å²) >= 11 is 3.46. The fourth-order valence-corrected chi connectivity index (χ4v) is 3.22. The van der Waals surface area contributed by atoms with Gasteiger partial charge in [-0.1, -0.05) is 20.8 Å². The van der Waals surface area contributed by atoms with Crippen LogP contribution in [0.4, 0.5) is 0 Å². The third kappa shape index (κ3) is 2.57. The molecule has 0 amide bonds. The molecule has 1 aromatic rings. The van der Waals surface area contributed by atoms with Crippen molar-refractivity contribution >= 4 is 21.9 Å². The van der Waals surface area contributed by atoms with Crippen LogP contribution in [0.15, 0.2) is 4.47 Å². The Hall–Kier alpha value is -0.770. The van der Waals surface area contributed by atoms with E-state index in [1.54, 1.807) is 0 Å². The zero-order valence-electron chi connectivity index (χ0n) is 10.9. The van der Waals surface area contributed by atoms with Crippen LogP contribution >= 0.6 is 15.9 Å². The number of hydrogen-bond acceptors (Lipinski definition) is 1. The summed E-state index contributed by atoms with van der Waals surface area (Å²) < 4.78 is 2.90. The van der Waals surface area contributed by atoms with Gasteiger partial charge < -0.3 is 9.67 Å². The highest BCUT2D eigenvalue weighted by Crippen LogP contribution is 2.34. The van der Waals surface area contributed by atoms with Crippen LogP contribution in [0.3, 0.4) is 0 Å². The summed E-state index contributed by atoms with van der Waals surface area (Å²) in [5, 5.41) is 9.26. The van der Waals surface area contributed by atoms with E-state index in [1.807, 2.05) is 6.92 Å². The standard InChI is InChI=1S/C13H20BrNO2/c1-5-7-15-9(4)10(13(16)17)11(14)12(15)8(3)6-2/h8H,5-7H2,1-4H3,(H,16,17). The highest BCUT2D eigenvalue weighted by molar-refractivity contribution is 9.10. The van der Waals surface area contributed by atoms with Gasteiger partial charge in [0.15, 0.2) is 0 Å². The van der Waals surface area contributed by atoms with Crippen LogP contribution in [0.1, 0.15) is 61.3 Å². The van der Waals surface area contributed by atoms with Gasteiger partial charge in [-0.15, -0.1) is 0 Å². The second-order valence-electron chi connectivity index (χ2n) is 4.43. The van der Waals surface area contributed by atoms with Crippen LogP contribution in [0.5, 0.6) is 0 Å². The first-order chi connectivity index (χ1) is 7.95. The molecular formula is C13H20BrNO2. The molecule has 1 heterocycles. The molecule has 0 bridgehead atoms. The Balaban J connectivity index is 3.44. The molecular weight excluding hydrogens is 282 g/mol. The molecule has 0 aliphatic carbocycles. The third-order valence-electron chi connectivity index (χ3n) is 3.24. The van der Waals surface area contributed by atoms with E-state index in [9.17, 15) is 9.90 Å². The van der Waals surface area contributed by atoms with Gasteiger partial charge in [-0.3, -0.25) is 0 Å². The smallest absolute Gasteiger partial charge is 0.338 e. The lowest BCUT2D eigenvalue weighted by Crippen LogP contribution is -2.07. The number of carboxylic acids is 1. The molecule has 0 spiro atoms. The number of aromatic carboxylic acids is 1. The van der Waals surface area contributed by atoms with Crippen molar-refractivity contribution in [2.24, 2.45) is 0 Å². The fourth-order valence-electron chi connectivity index (χ4n) is 2.16. The van der Waals surface area contributed by atoms with Gasteiger partial charge in [0, 0.05) is 17.9 Å². The SMILES string of the molecule is CCCn1c(C)c(C(=O)O)c(Br)c1C(C)CC. The minimum absolute atomic E-state index is 0.364. The largest absolute Gasteiger partial charge is 0.478 e. The van der Waals surface area contributed by atoms with Crippen molar-refractivity contribution in [2.45, 2.75) is 53.0 Å². The Kier molecular flexibility index (Phi) is 4.80. The second-order valence-corrected chi connectivity index (χ2v) is 5.22. The minimum atomic E-state index is -0.853. The van der Waals surface area contributed by atoms with E-state index in [0.29, 0.717) is 11.5 Å². The highest BCUT2D eigenvalue weighted by atomic mass is 79.9. The number of halogens is 1. The van der Waals surface area contributed by atoms with Crippen LogP contribution in [-0.2, 0) is 6.54 Å². The van der Waals surface area contributed by atoms with Gasteiger partial charge in [0.25, 0.3) is 0 Å². The predicted octanol–water partition coefficient (Wildman–Crippen LogP) is 4.18. The summed E-state index contributed by atoms with van der Waals surface area (Å²) in [6, 6.07) is 0. The first-order valence-electron chi connectivity index (χ1n) is 6.07. The molecule has 4 heteroatoms. The highest BCUT2D eigenvalue weighted by Gasteiger charge is 2.25. The normalized spacial score (nSPS) is 12.8. The fraction of sp³-hybridized carbons (Fsp3) is 0.615. The Morgan fingerprint density at radius 2 is 2.06 bits per heavy atom. The minimum Gasteiger partial charge on any atom is -0.478 e. The monoisotopic (exact) mass is 301 g/mol. The van der Waals surface area contributed by atoms with E-state index in [2.05, 4.69) is 41.3 Å². The Morgan fingerprint density at radius 1 is 1.47 bits per heavy atom. The third-order valence-corrected chi connectivity index (χ3v) is 4.04. The van der Waals surface area contributed by atoms with Crippen LogP contribution in [0.2, 0.25) is 0 Å². The molecule has 17 heavy (non-hydrogen) atoms. The molecule has 0 saturated heterocycles. The van der Waals surface area contributed by atoms with Gasteiger partial charge in [-0.2, -0.15) is 0 Å². The van der Waals surface area contributed by atoms with E-state index in [4.69, 9.17) is 0 Å². The molecule has 1 aromatic heterocycles. The first-order valence-corrected chi connectivity index (χ1v) is 6.86. The van der Waals surface area contributed by atoms with Crippen LogP contribution in [0, 0.1) is 6.92 Å².